The molecule has 0 aliphatic rings. The Hall–Kier alpha value is -2.14. The maximum atomic E-state index is 11.9. The quantitative estimate of drug-likeness (QED) is 0.877. The molecule has 4 nitrogen and oxygen atoms in total. The van der Waals surface area contributed by atoms with Crippen molar-refractivity contribution in [1.82, 2.24) is 5.32 Å². The molecular formula is C17H17BrN2O2. The molecule has 2 rings (SSSR count). The van der Waals surface area contributed by atoms with Crippen LogP contribution in [0.4, 0.5) is 5.69 Å². The summed E-state index contributed by atoms with van der Waals surface area (Å²) >= 11 is 3.31. The molecule has 0 atom stereocenters. The van der Waals surface area contributed by atoms with Crippen molar-refractivity contribution in [1.29, 1.82) is 0 Å². The molecule has 0 radical (unpaired) electrons. The van der Waals surface area contributed by atoms with E-state index < -0.39 is 0 Å². The van der Waals surface area contributed by atoms with Gasteiger partial charge in [-0.15, -0.1) is 0 Å². The van der Waals surface area contributed by atoms with E-state index in [1.54, 1.807) is 24.3 Å². The minimum Gasteiger partial charge on any atom is -0.343 e. The van der Waals surface area contributed by atoms with Crippen molar-refractivity contribution in [2.45, 2.75) is 13.8 Å². The van der Waals surface area contributed by atoms with Gasteiger partial charge in [-0.05, 0) is 55.3 Å². The van der Waals surface area contributed by atoms with E-state index in [0.29, 0.717) is 5.56 Å². The molecule has 0 saturated heterocycles. The number of halogens is 1. The van der Waals surface area contributed by atoms with E-state index in [1.807, 2.05) is 32.0 Å². The van der Waals surface area contributed by atoms with Crippen LogP contribution in [0.1, 0.15) is 21.5 Å². The topological polar surface area (TPSA) is 58.2 Å². The second-order valence-electron chi connectivity index (χ2n) is 4.99. The van der Waals surface area contributed by atoms with Gasteiger partial charge >= 0.3 is 0 Å². The van der Waals surface area contributed by atoms with Gasteiger partial charge < -0.3 is 10.6 Å². The summed E-state index contributed by atoms with van der Waals surface area (Å²) in [5.74, 6) is -0.525. The van der Waals surface area contributed by atoms with E-state index in [0.717, 1.165) is 21.3 Å². The number of hydrogen-bond acceptors (Lipinski definition) is 2. The number of hydrogen-bond donors (Lipinski definition) is 2. The summed E-state index contributed by atoms with van der Waals surface area (Å²) < 4.78 is 0.900. The van der Waals surface area contributed by atoms with Gasteiger partial charge in [0.2, 0.25) is 5.91 Å². The van der Waals surface area contributed by atoms with E-state index in [2.05, 4.69) is 26.6 Å². The van der Waals surface area contributed by atoms with E-state index in [4.69, 9.17) is 0 Å². The Balaban J connectivity index is 1.91. The van der Waals surface area contributed by atoms with Gasteiger partial charge in [-0.2, -0.15) is 0 Å². The maximum absolute atomic E-state index is 11.9. The van der Waals surface area contributed by atoms with Crippen LogP contribution in [0.25, 0.3) is 0 Å². The number of nitrogens with one attached hydrogen (secondary N) is 2. The number of rotatable bonds is 4. The average Bonchev–Trinajstić information content (AvgIpc) is 2.50. The summed E-state index contributed by atoms with van der Waals surface area (Å²) in [6.07, 6.45) is 0. The molecular weight excluding hydrogens is 344 g/mol. The maximum Gasteiger partial charge on any atom is 0.251 e. The molecule has 22 heavy (non-hydrogen) atoms. The lowest BCUT2D eigenvalue weighted by Gasteiger charge is -2.11. The minimum absolute atomic E-state index is 0.0672. The lowest BCUT2D eigenvalue weighted by atomic mass is 10.1. The summed E-state index contributed by atoms with van der Waals surface area (Å²) in [6.45, 7) is 3.87. The molecule has 0 unspecified atom stereocenters. The SMILES string of the molecule is Cc1cccc(NC(=O)CNC(=O)c2ccc(Br)cc2)c1C. The van der Waals surface area contributed by atoms with Crippen LogP contribution in [0, 0.1) is 13.8 Å². The minimum atomic E-state index is -0.274. The van der Waals surface area contributed by atoms with Gasteiger partial charge in [0.15, 0.2) is 0 Å². The highest BCUT2D eigenvalue weighted by molar-refractivity contribution is 9.10. The van der Waals surface area contributed by atoms with E-state index in [-0.39, 0.29) is 18.4 Å². The van der Waals surface area contributed by atoms with Gasteiger partial charge in [-0.25, -0.2) is 0 Å². The fraction of sp³-hybridized carbons (Fsp3) is 0.176. The van der Waals surface area contributed by atoms with Crippen LogP contribution in [0.3, 0.4) is 0 Å². The van der Waals surface area contributed by atoms with Crippen LogP contribution in [0.2, 0.25) is 0 Å². The van der Waals surface area contributed by atoms with Crippen molar-refractivity contribution < 1.29 is 9.59 Å². The smallest absolute Gasteiger partial charge is 0.251 e. The largest absolute Gasteiger partial charge is 0.343 e. The molecule has 5 heteroatoms. The summed E-state index contributed by atoms with van der Waals surface area (Å²) in [5, 5.41) is 5.41. The average molecular weight is 361 g/mol. The number of amides is 2. The van der Waals surface area contributed by atoms with E-state index in [1.165, 1.54) is 0 Å². The Labute approximate surface area is 138 Å². The van der Waals surface area contributed by atoms with Crippen molar-refractivity contribution in [2.24, 2.45) is 0 Å². The Morgan fingerprint density at radius 2 is 1.73 bits per heavy atom. The molecule has 0 fully saturated rings. The molecule has 2 aromatic rings. The Morgan fingerprint density at radius 1 is 1.05 bits per heavy atom. The second kappa shape index (κ2) is 7.22. The molecule has 2 N–H and O–H groups in total. The summed E-state index contributed by atoms with van der Waals surface area (Å²) in [7, 11) is 0. The van der Waals surface area contributed by atoms with Gasteiger partial charge in [-0.3, -0.25) is 9.59 Å². The van der Waals surface area contributed by atoms with Crippen LogP contribution >= 0.6 is 15.9 Å². The molecule has 0 aliphatic heterocycles. The molecule has 0 saturated carbocycles. The Bertz CT molecular complexity index is 696. The number of anilines is 1. The molecule has 2 amide bonds. The number of carbonyl (C=O) groups excluding carboxylic acids is 2. The standard InChI is InChI=1S/C17H17BrN2O2/c1-11-4-3-5-15(12(11)2)20-16(21)10-19-17(22)13-6-8-14(18)9-7-13/h3-9H,10H2,1-2H3,(H,19,22)(H,20,21). The van der Waals surface area contributed by atoms with Crippen LogP contribution in [-0.4, -0.2) is 18.4 Å². The van der Waals surface area contributed by atoms with E-state index >= 15 is 0 Å². The highest BCUT2D eigenvalue weighted by atomic mass is 79.9. The van der Waals surface area contributed by atoms with Crippen LogP contribution < -0.4 is 10.6 Å². The van der Waals surface area contributed by atoms with E-state index in [9.17, 15) is 9.59 Å². The first-order valence-electron chi connectivity index (χ1n) is 6.87. The van der Waals surface area contributed by atoms with Crippen LogP contribution in [0.15, 0.2) is 46.9 Å². The third-order valence-corrected chi connectivity index (χ3v) is 3.92. The molecule has 0 bridgehead atoms. The molecule has 2 aromatic carbocycles. The van der Waals surface area contributed by atoms with Crippen molar-refractivity contribution >= 4 is 33.4 Å². The van der Waals surface area contributed by atoms with Gasteiger partial charge in [0.1, 0.15) is 0 Å². The first-order chi connectivity index (χ1) is 10.5. The van der Waals surface area contributed by atoms with Crippen molar-refractivity contribution in [3.05, 3.63) is 63.6 Å². The normalized spacial score (nSPS) is 10.1. The first-order valence-corrected chi connectivity index (χ1v) is 7.66. The number of aryl methyl sites for hydroxylation is 1. The summed E-state index contributed by atoms with van der Waals surface area (Å²) in [6, 6.07) is 12.7. The zero-order valence-electron chi connectivity index (χ0n) is 12.4. The van der Waals surface area contributed by atoms with Gasteiger partial charge in [0, 0.05) is 15.7 Å². The predicted molar refractivity (Wildman–Crippen MR) is 91.0 cm³/mol. The zero-order valence-corrected chi connectivity index (χ0v) is 14.0. The van der Waals surface area contributed by atoms with Gasteiger partial charge in [-0.1, -0.05) is 28.1 Å². The van der Waals surface area contributed by atoms with Crippen molar-refractivity contribution in [2.75, 3.05) is 11.9 Å². The predicted octanol–water partition coefficient (Wildman–Crippen LogP) is 3.43. The lowest BCUT2D eigenvalue weighted by molar-refractivity contribution is -0.115. The second-order valence-corrected chi connectivity index (χ2v) is 5.90. The zero-order chi connectivity index (χ0) is 16.1. The molecule has 114 valence electrons. The third kappa shape index (κ3) is 4.18. The summed E-state index contributed by atoms with van der Waals surface area (Å²) in [5.41, 5.74) is 3.41. The molecule has 0 aliphatic carbocycles. The molecule has 0 heterocycles. The fourth-order valence-corrected chi connectivity index (χ4v) is 2.21. The molecule has 0 spiro atoms. The first kappa shape index (κ1) is 16.2. The van der Waals surface area contributed by atoms with Crippen LogP contribution in [0.5, 0.6) is 0 Å². The highest BCUT2D eigenvalue weighted by Crippen LogP contribution is 2.17. The van der Waals surface area contributed by atoms with Crippen molar-refractivity contribution in [3.63, 3.8) is 0 Å². The van der Waals surface area contributed by atoms with Gasteiger partial charge in [0.05, 0.1) is 6.54 Å². The highest BCUT2D eigenvalue weighted by Gasteiger charge is 2.09. The Morgan fingerprint density at radius 3 is 2.41 bits per heavy atom. The van der Waals surface area contributed by atoms with Crippen molar-refractivity contribution in [3.8, 4) is 0 Å². The molecule has 0 aromatic heterocycles. The van der Waals surface area contributed by atoms with Crippen LogP contribution in [-0.2, 0) is 4.79 Å². The van der Waals surface area contributed by atoms with Gasteiger partial charge in [0.25, 0.3) is 5.91 Å². The fourth-order valence-electron chi connectivity index (χ4n) is 1.94. The third-order valence-electron chi connectivity index (χ3n) is 3.39. The summed E-state index contributed by atoms with van der Waals surface area (Å²) in [4.78, 5) is 23.9. The monoisotopic (exact) mass is 360 g/mol. The Kier molecular flexibility index (Phi) is 5.33. The number of benzene rings is 2. The lowest BCUT2D eigenvalue weighted by Crippen LogP contribution is -2.33. The number of carbonyl (C=O) groups is 2.